The highest BCUT2D eigenvalue weighted by Crippen LogP contribution is 2.22. The third-order valence-electron chi connectivity index (χ3n) is 4.52. The molecule has 7 heteroatoms. The van der Waals surface area contributed by atoms with Crippen molar-refractivity contribution in [3.63, 3.8) is 0 Å². The van der Waals surface area contributed by atoms with Crippen molar-refractivity contribution in [1.29, 1.82) is 0 Å². The van der Waals surface area contributed by atoms with E-state index in [0.29, 0.717) is 25.1 Å². The largest absolute Gasteiger partial charge is 0.344 e. The summed E-state index contributed by atoms with van der Waals surface area (Å²) in [6.07, 6.45) is 0.996. The predicted molar refractivity (Wildman–Crippen MR) is 116 cm³/mol. The smallest absolute Gasteiger partial charge is 0.226 e. The Hall–Kier alpha value is -2.80. The van der Waals surface area contributed by atoms with Crippen LogP contribution >= 0.6 is 11.5 Å². The number of anilines is 2. The quantitative estimate of drug-likeness (QED) is 0.576. The normalized spacial score (nSPS) is 10.9. The number of carbonyl (C=O) groups excluding carboxylic acids is 1. The number of aryl methyl sites for hydroxylation is 1. The molecule has 1 aromatic heterocycles. The molecule has 0 saturated heterocycles. The number of carbonyl (C=O) groups is 1. The molecule has 1 amide bonds. The van der Waals surface area contributed by atoms with Crippen LogP contribution in [0.25, 0.3) is 0 Å². The fourth-order valence-corrected chi connectivity index (χ4v) is 3.72. The molecule has 0 aliphatic heterocycles. The van der Waals surface area contributed by atoms with Crippen LogP contribution in [-0.4, -0.2) is 27.9 Å². The van der Waals surface area contributed by atoms with Crippen LogP contribution in [-0.2, 0) is 11.2 Å². The summed E-state index contributed by atoms with van der Waals surface area (Å²) in [6, 6.07) is 14.3. The van der Waals surface area contributed by atoms with Crippen molar-refractivity contribution in [2.45, 2.75) is 39.7 Å². The van der Waals surface area contributed by atoms with E-state index in [4.69, 9.17) is 0 Å². The zero-order valence-corrected chi connectivity index (χ0v) is 17.7. The summed E-state index contributed by atoms with van der Waals surface area (Å²) >= 11 is 1.36. The maximum absolute atomic E-state index is 13.0. The first-order chi connectivity index (χ1) is 13.9. The molecule has 0 unspecified atom stereocenters. The Morgan fingerprint density at radius 3 is 2.48 bits per heavy atom. The molecule has 1 N–H and O–H groups in total. The number of hydrogen-bond acceptors (Lipinski definition) is 5. The van der Waals surface area contributed by atoms with Gasteiger partial charge in [-0.1, -0.05) is 29.8 Å². The minimum atomic E-state index is -0.327. The Morgan fingerprint density at radius 1 is 1.14 bits per heavy atom. The molecule has 0 bridgehead atoms. The average Bonchev–Trinajstić information content (AvgIpc) is 3.13. The molecule has 1 heterocycles. The summed E-state index contributed by atoms with van der Waals surface area (Å²) in [5, 5.41) is 3.61. The van der Waals surface area contributed by atoms with Gasteiger partial charge in [-0.2, -0.15) is 4.37 Å². The van der Waals surface area contributed by atoms with Gasteiger partial charge in [0.25, 0.3) is 0 Å². The number of nitrogens with zero attached hydrogens (tertiary/aromatic N) is 3. The number of aromatic nitrogens is 2. The number of benzene rings is 2. The van der Waals surface area contributed by atoms with E-state index in [-0.39, 0.29) is 17.8 Å². The van der Waals surface area contributed by atoms with Crippen LogP contribution in [0.2, 0.25) is 0 Å². The Bertz CT molecular complexity index is 938. The van der Waals surface area contributed by atoms with Crippen molar-refractivity contribution in [3.05, 3.63) is 71.3 Å². The van der Waals surface area contributed by atoms with Gasteiger partial charge >= 0.3 is 0 Å². The fourth-order valence-electron chi connectivity index (χ4n) is 2.88. The molecule has 5 nitrogen and oxygen atoms in total. The van der Waals surface area contributed by atoms with E-state index < -0.39 is 0 Å². The van der Waals surface area contributed by atoms with Crippen LogP contribution in [0.15, 0.2) is 48.5 Å². The summed E-state index contributed by atoms with van der Waals surface area (Å²) in [4.78, 5) is 19.0. The zero-order valence-electron chi connectivity index (χ0n) is 16.9. The topological polar surface area (TPSA) is 58.1 Å². The average molecular weight is 413 g/mol. The van der Waals surface area contributed by atoms with E-state index in [1.807, 2.05) is 0 Å². The molecule has 3 rings (SSSR count). The standard InChI is InChI=1S/C22H25FN4OS/c1-15(2)27(13-12-21(28)24-19-10-8-18(23)9-11-19)22-25-20(26-29-22)14-17-6-4-16(3)5-7-17/h4-11,15H,12-14H2,1-3H3,(H,24,28). The van der Waals surface area contributed by atoms with E-state index in [9.17, 15) is 9.18 Å². The van der Waals surface area contributed by atoms with Crippen LogP contribution < -0.4 is 10.2 Å². The Morgan fingerprint density at radius 2 is 1.83 bits per heavy atom. The van der Waals surface area contributed by atoms with E-state index >= 15 is 0 Å². The molecule has 0 atom stereocenters. The van der Waals surface area contributed by atoms with Crippen molar-refractivity contribution in [3.8, 4) is 0 Å². The van der Waals surface area contributed by atoms with E-state index in [2.05, 4.69) is 64.6 Å². The van der Waals surface area contributed by atoms with Crippen LogP contribution in [0, 0.1) is 12.7 Å². The molecule has 0 spiro atoms. The van der Waals surface area contributed by atoms with Crippen molar-refractivity contribution < 1.29 is 9.18 Å². The first kappa shape index (κ1) is 20.9. The van der Waals surface area contributed by atoms with Crippen molar-refractivity contribution in [2.24, 2.45) is 0 Å². The zero-order chi connectivity index (χ0) is 20.8. The molecule has 0 saturated carbocycles. The van der Waals surface area contributed by atoms with Gasteiger partial charge in [0.2, 0.25) is 11.0 Å². The predicted octanol–water partition coefficient (Wildman–Crippen LogP) is 4.82. The minimum absolute atomic E-state index is 0.119. The van der Waals surface area contributed by atoms with Crippen LogP contribution in [0.1, 0.15) is 37.2 Å². The first-order valence-corrected chi connectivity index (χ1v) is 10.4. The Balaban J connectivity index is 1.59. The number of hydrogen-bond donors (Lipinski definition) is 1. The van der Waals surface area contributed by atoms with Crippen LogP contribution in [0.5, 0.6) is 0 Å². The lowest BCUT2D eigenvalue weighted by Gasteiger charge is -2.25. The lowest BCUT2D eigenvalue weighted by molar-refractivity contribution is -0.116. The lowest BCUT2D eigenvalue weighted by Crippen LogP contribution is -2.33. The molecule has 3 aromatic rings. The lowest BCUT2D eigenvalue weighted by atomic mass is 10.1. The molecule has 0 aliphatic rings. The maximum Gasteiger partial charge on any atom is 0.226 e. The summed E-state index contributed by atoms with van der Waals surface area (Å²) in [7, 11) is 0. The van der Waals surface area contributed by atoms with Crippen molar-refractivity contribution in [1.82, 2.24) is 9.36 Å². The van der Waals surface area contributed by atoms with Gasteiger partial charge in [-0.25, -0.2) is 9.37 Å². The van der Waals surface area contributed by atoms with Gasteiger partial charge in [0.05, 0.1) is 0 Å². The van der Waals surface area contributed by atoms with Crippen LogP contribution in [0.4, 0.5) is 15.2 Å². The van der Waals surface area contributed by atoms with Crippen molar-refractivity contribution in [2.75, 3.05) is 16.8 Å². The number of rotatable bonds is 8. The molecular formula is C22H25FN4OS. The molecule has 29 heavy (non-hydrogen) atoms. The molecule has 2 aromatic carbocycles. The van der Waals surface area contributed by atoms with Gasteiger partial charge in [-0.05, 0) is 50.6 Å². The number of halogens is 1. The van der Waals surface area contributed by atoms with Crippen molar-refractivity contribution >= 4 is 28.3 Å². The minimum Gasteiger partial charge on any atom is -0.344 e. The number of amides is 1. The second-order valence-electron chi connectivity index (χ2n) is 7.25. The monoisotopic (exact) mass is 412 g/mol. The third kappa shape index (κ3) is 6.09. The highest BCUT2D eigenvalue weighted by atomic mass is 32.1. The van der Waals surface area contributed by atoms with Gasteiger partial charge < -0.3 is 10.2 Å². The SMILES string of the molecule is Cc1ccc(Cc2nsc(N(CCC(=O)Nc3ccc(F)cc3)C(C)C)n2)cc1. The first-order valence-electron chi connectivity index (χ1n) is 9.61. The third-order valence-corrected chi connectivity index (χ3v) is 5.31. The molecule has 152 valence electrons. The van der Waals surface area contributed by atoms with Gasteiger partial charge in [0, 0.05) is 42.6 Å². The summed E-state index contributed by atoms with van der Waals surface area (Å²) in [6.45, 7) is 6.73. The van der Waals surface area contributed by atoms with Gasteiger partial charge in [0.1, 0.15) is 11.6 Å². The Labute approximate surface area is 174 Å². The highest BCUT2D eigenvalue weighted by molar-refractivity contribution is 7.09. The van der Waals surface area contributed by atoms with Gasteiger partial charge in [-0.3, -0.25) is 4.79 Å². The Kier molecular flexibility index (Phi) is 6.93. The molecule has 0 aliphatic carbocycles. The number of nitrogens with one attached hydrogen (secondary N) is 1. The summed E-state index contributed by atoms with van der Waals surface area (Å²) in [5.41, 5.74) is 2.99. The summed E-state index contributed by atoms with van der Waals surface area (Å²) < 4.78 is 17.5. The maximum atomic E-state index is 13.0. The molecule has 0 fully saturated rings. The van der Waals surface area contributed by atoms with Gasteiger partial charge in [0.15, 0.2) is 0 Å². The fraction of sp³-hybridized carbons (Fsp3) is 0.318. The van der Waals surface area contributed by atoms with E-state index in [1.54, 1.807) is 12.1 Å². The highest BCUT2D eigenvalue weighted by Gasteiger charge is 2.17. The van der Waals surface area contributed by atoms with Crippen LogP contribution in [0.3, 0.4) is 0 Å². The summed E-state index contributed by atoms with van der Waals surface area (Å²) in [5.74, 6) is 0.341. The second-order valence-corrected chi connectivity index (χ2v) is 7.98. The molecular weight excluding hydrogens is 387 g/mol. The van der Waals surface area contributed by atoms with Gasteiger partial charge in [-0.15, -0.1) is 0 Å². The van der Waals surface area contributed by atoms with E-state index in [0.717, 1.165) is 11.0 Å². The second kappa shape index (κ2) is 9.60. The van der Waals surface area contributed by atoms with E-state index in [1.165, 1.54) is 34.8 Å². The molecule has 0 radical (unpaired) electrons.